The molecule has 0 heterocycles. The number of hydrogen-bond acceptors (Lipinski definition) is 4. The molecule has 1 aliphatic rings. The molecule has 0 aromatic heterocycles. The lowest BCUT2D eigenvalue weighted by Gasteiger charge is -2.38. The van der Waals surface area contributed by atoms with Crippen LogP contribution in [0.4, 0.5) is 4.39 Å². The van der Waals surface area contributed by atoms with Crippen molar-refractivity contribution in [2.24, 2.45) is 4.99 Å². The van der Waals surface area contributed by atoms with Crippen LogP contribution in [-0.4, -0.2) is 20.3 Å². The third-order valence-electron chi connectivity index (χ3n) is 3.48. The fraction of sp³-hybridized carbons (Fsp3) is 0.462. The molecule has 1 fully saturated rings. The van der Waals surface area contributed by atoms with Gasteiger partial charge in [-0.25, -0.2) is 9.18 Å². The van der Waals surface area contributed by atoms with E-state index in [1.165, 1.54) is 14.2 Å². The van der Waals surface area contributed by atoms with Crippen molar-refractivity contribution >= 4 is 22.0 Å². The molecule has 0 radical (unpaired) electrons. The zero-order chi connectivity index (χ0) is 14.0. The summed E-state index contributed by atoms with van der Waals surface area (Å²) in [5.74, 6) is -0.242. The summed E-state index contributed by atoms with van der Waals surface area (Å²) in [6.45, 7) is 0. The Morgan fingerprint density at radius 2 is 2.00 bits per heavy atom. The largest absolute Gasteiger partial charge is 0.492 e. The van der Waals surface area contributed by atoms with Crippen molar-refractivity contribution in [3.8, 4) is 11.5 Å². The van der Waals surface area contributed by atoms with Crippen LogP contribution in [0.1, 0.15) is 24.8 Å². The van der Waals surface area contributed by atoms with E-state index in [-0.39, 0.29) is 16.0 Å². The van der Waals surface area contributed by atoms with Gasteiger partial charge in [-0.1, -0.05) is 0 Å². The molecular formula is C13H13BrFNO3. The van der Waals surface area contributed by atoms with Crippen LogP contribution < -0.4 is 9.47 Å². The SMILES string of the molecule is COc1c(C2(N=C=O)CCC2)cc(Br)c(F)c1OC. The summed E-state index contributed by atoms with van der Waals surface area (Å²) in [6, 6.07) is 1.59. The summed E-state index contributed by atoms with van der Waals surface area (Å²) in [7, 11) is 2.80. The molecule has 1 aromatic rings. The van der Waals surface area contributed by atoms with Gasteiger partial charge in [-0.3, -0.25) is 0 Å². The van der Waals surface area contributed by atoms with E-state index in [0.717, 1.165) is 6.42 Å². The minimum atomic E-state index is -0.670. The summed E-state index contributed by atoms with van der Waals surface area (Å²) < 4.78 is 24.5. The van der Waals surface area contributed by atoms with E-state index in [1.54, 1.807) is 12.1 Å². The highest BCUT2D eigenvalue weighted by Gasteiger charge is 2.42. The van der Waals surface area contributed by atoms with Gasteiger partial charge in [0.15, 0.2) is 17.3 Å². The van der Waals surface area contributed by atoms with Crippen LogP contribution in [0.15, 0.2) is 15.5 Å². The first-order valence-corrected chi connectivity index (χ1v) is 6.58. The summed E-state index contributed by atoms with van der Waals surface area (Å²) >= 11 is 3.15. The Hall–Kier alpha value is -1.39. The number of halogens is 2. The molecule has 0 atom stereocenters. The second-order valence-corrected chi connectivity index (χ2v) is 5.23. The molecule has 0 spiro atoms. The smallest absolute Gasteiger partial charge is 0.235 e. The Morgan fingerprint density at radius 1 is 1.37 bits per heavy atom. The van der Waals surface area contributed by atoms with E-state index < -0.39 is 11.4 Å². The molecular weight excluding hydrogens is 317 g/mol. The van der Waals surface area contributed by atoms with Crippen molar-refractivity contribution in [3.63, 3.8) is 0 Å². The third-order valence-corrected chi connectivity index (χ3v) is 4.06. The molecule has 1 aliphatic carbocycles. The van der Waals surface area contributed by atoms with Crippen LogP contribution in [0.25, 0.3) is 0 Å². The lowest BCUT2D eigenvalue weighted by atomic mass is 9.72. The highest BCUT2D eigenvalue weighted by atomic mass is 79.9. The summed E-state index contributed by atoms with van der Waals surface area (Å²) in [6.07, 6.45) is 3.97. The Labute approximate surface area is 118 Å². The second-order valence-electron chi connectivity index (χ2n) is 4.37. The first kappa shape index (κ1) is 14.0. The fourth-order valence-corrected chi connectivity index (χ4v) is 2.77. The fourth-order valence-electron chi connectivity index (χ4n) is 2.36. The summed E-state index contributed by atoms with van der Waals surface area (Å²) in [4.78, 5) is 14.5. The number of aliphatic imine (C=N–C) groups is 1. The monoisotopic (exact) mass is 329 g/mol. The van der Waals surface area contributed by atoms with Gasteiger partial charge in [0, 0.05) is 5.56 Å². The van der Waals surface area contributed by atoms with Crippen LogP contribution in [0.5, 0.6) is 11.5 Å². The van der Waals surface area contributed by atoms with Crippen molar-refractivity contribution in [1.29, 1.82) is 0 Å². The van der Waals surface area contributed by atoms with Crippen molar-refractivity contribution in [2.75, 3.05) is 14.2 Å². The van der Waals surface area contributed by atoms with E-state index in [4.69, 9.17) is 9.47 Å². The number of hydrogen-bond donors (Lipinski definition) is 0. The van der Waals surface area contributed by atoms with Crippen molar-refractivity contribution < 1.29 is 18.7 Å². The van der Waals surface area contributed by atoms with E-state index in [2.05, 4.69) is 20.9 Å². The molecule has 0 aliphatic heterocycles. The standard InChI is InChI=1S/C13H13BrFNO3/c1-18-11-8(13(16-7-17)4-3-5-13)6-9(14)10(15)12(11)19-2/h6H,3-5H2,1-2H3. The van der Waals surface area contributed by atoms with Crippen molar-refractivity contribution in [3.05, 3.63) is 21.9 Å². The van der Waals surface area contributed by atoms with Gasteiger partial charge >= 0.3 is 0 Å². The van der Waals surface area contributed by atoms with Crippen molar-refractivity contribution in [1.82, 2.24) is 0 Å². The van der Waals surface area contributed by atoms with E-state index in [9.17, 15) is 9.18 Å². The topological polar surface area (TPSA) is 47.9 Å². The molecule has 0 N–H and O–H groups in total. The number of methoxy groups -OCH3 is 2. The number of benzene rings is 1. The highest BCUT2D eigenvalue weighted by molar-refractivity contribution is 9.10. The Morgan fingerprint density at radius 3 is 2.42 bits per heavy atom. The Balaban J connectivity index is 2.69. The highest BCUT2D eigenvalue weighted by Crippen LogP contribution is 2.52. The van der Waals surface area contributed by atoms with Crippen LogP contribution in [-0.2, 0) is 10.3 Å². The maximum absolute atomic E-state index is 14.0. The van der Waals surface area contributed by atoms with Gasteiger partial charge in [0.2, 0.25) is 6.08 Å². The van der Waals surface area contributed by atoms with E-state index in [0.29, 0.717) is 18.4 Å². The number of rotatable bonds is 4. The average molecular weight is 330 g/mol. The van der Waals surface area contributed by atoms with E-state index >= 15 is 0 Å². The molecule has 102 valence electrons. The predicted octanol–water partition coefficient (Wildman–Crippen LogP) is 3.32. The number of nitrogens with zero attached hydrogens (tertiary/aromatic N) is 1. The van der Waals surface area contributed by atoms with E-state index in [1.807, 2.05) is 0 Å². The molecule has 1 saturated carbocycles. The van der Waals surface area contributed by atoms with Crippen LogP contribution in [0, 0.1) is 5.82 Å². The molecule has 0 bridgehead atoms. The lowest BCUT2D eigenvalue weighted by molar-refractivity contribution is 0.240. The van der Waals surface area contributed by atoms with Crippen LogP contribution in [0.3, 0.4) is 0 Å². The molecule has 0 amide bonds. The third kappa shape index (κ3) is 2.15. The van der Waals surface area contributed by atoms with Gasteiger partial charge in [-0.2, -0.15) is 4.99 Å². The second kappa shape index (κ2) is 5.31. The lowest BCUT2D eigenvalue weighted by Crippen LogP contribution is -2.32. The number of isocyanates is 1. The molecule has 6 heteroatoms. The molecule has 0 unspecified atom stereocenters. The summed E-state index contributed by atoms with van der Waals surface area (Å²) in [5, 5.41) is 0. The Kier molecular flexibility index (Phi) is 3.92. The van der Waals surface area contributed by atoms with Crippen molar-refractivity contribution in [2.45, 2.75) is 24.8 Å². The first-order valence-electron chi connectivity index (χ1n) is 5.79. The number of carbonyl (C=O) groups excluding carboxylic acids is 1. The quantitative estimate of drug-likeness (QED) is 0.628. The molecule has 2 rings (SSSR count). The zero-order valence-corrected chi connectivity index (χ0v) is 12.2. The van der Waals surface area contributed by atoms with Gasteiger partial charge < -0.3 is 9.47 Å². The Bertz CT molecular complexity index is 551. The first-order chi connectivity index (χ1) is 9.09. The van der Waals surface area contributed by atoms with Gasteiger partial charge in [0.05, 0.1) is 18.7 Å². The maximum atomic E-state index is 14.0. The summed E-state index contributed by atoms with van der Waals surface area (Å²) in [5.41, 5.74) is -0.0222. The van der Waals surface area contributed by atoms with Crippen LogP contribution >= 0.6 is 15.9 Å². The van der Waals surface area contributed by atoms with Gasteiger partial charge in [-0.05, 0) is 41.3 Å². The maximum Gasteiger partial charge on any atom is 0.235 e. The zero-order valence-electron chi connectivity index (χ0n) is 10.6. The molecule has 1 aromatic carbocycles. The minimum Gasteiger partial charge on any atom is -0.492 e. The van der Waals surface area contributed by atoms with Gasteiger partial charge in [0.1, 0.15) is 5.54 Å². The predicted molar refractivity (Wildman–Crippen MR) is 70.9 cm³/mol. The molecule has 4 nitrogen and oxygen atoms in total. The molecule has 0 saturated heterocycles. The average Bonchev–Trinajstić information content (AvgIpc) is 2.36. The van der Waals surface area contributed by atoms with Gasteiger partial charge in [0.25, 0.3) is 0 Å². The number of ether oxygens (including phenoxy) is 2. The van der Waals surface area contributed by atoms with Crippen LogP contribution in [0.2, 0.25) is 0 Å². The molecule has 19 heavy (non-hydrogen) atoms. The van der Waals surface area contributed by atoms with Gasteiger partial charge in [-0.15, -0.1) is 0 Å². The normalized spacial score (nSPS) is 16.2. The minimum absolute atomic E-state index is 0.0132.